The van der Waals surface area contributed by atoms with Crippen LogP contribution in [0, 0.1) is 13.8 Å². The summed E-state index contributed by atoms with van der Waals surface area (Å²) >= 11 is 0. The van der Waals surface area contributed by atoms with Gasteiger partial charge in [-0.1, -0.05) is 5.46 Å². The average molecular weight is 215 g/mol. The van der Waals surface area contributed by atoms with Crippen molar-refractivity contribution < 1.29 is 0 Å². The van der Waals surface area contributed by atoms with E-state index in [0.717, 1.165) is 28.2 Å². The molecule has 0 aliphatic heterocycles. The number of aryl methyl sites for hydroxylation is 2. The van der Waals surface area contributed by atoms with E-state index in [-0.39, 0.29) is 0 Å². The quantitative estimate of drug-likeness (QED) is 0.657. The zero-order chi connectivity index (χ0) is 12.4. The molecule has 2 aromatic rings. The Morgan fingerprint density at radius 1 is 1.00 bits per heavy atom. The van der Waals surface area contributed by atoms with Gasteiger partial charge in [0.15, 0.2) is 0 Å². The fourth-order valence-electron chi connectivity index (χ4n) is 1.74. The molecule has 2 heterocycles. The van der Waals surface area contributed by atoms with E-state index in [1.807, 2.05) is 38.1 Å². The van der Waals surface area contributed by atoms with Crippen molar-refractivity contribution in [2.45, 2.75) is 13.8 Å². The van der Waals surface area contributed by atoms with E-state index < -0.39 is 0 Å². The molecule has 0 saturated carbocycles. The van der Waals surface area contributed by atoms with Crippen LogP contribution in [0.2, 0.25) is 0 Å². The molecular formula is C12H10B3N2. The minimum absolute atomic E-state index is 0.689. The molecule has 17 heavy (non-hydrogen) atoms. The molecule has 0 aromatic carbocycles. The topological polar surface area (TPSA) is 25.8 Å². The average Bonchev–Trinajstić information content (AvgIpc) is 2.26. The van der Waals surface area contributed by atoms with Gasteiger partial charge >= 0.3 is 0 Å². The van der Waals surface area contributed by atoms with Crippen LogP contribution in [-0.4, -0.2) is 32.7 Å². The molecule has 77 valence electrons. The molecule has 0 fully saturated rings. The predicted octanol–water partition coefficient (Wildman–Crippen LogP) is -0.0328. The van der Waals surface area contributed by atoms with Crippen molar-refractivity contribution in [3.63, 3.8) is 0 Å². The number of nitrogens with zero attached hydrogens (tertiary/aromatic N) is 2. The van der Waals surface area contributed by atoms with Gasteiger partial charge in [0.25, 0.3) is 0 Å². The fraction of sp³-hybridized carbons (Fsp3) is 0.167. The second-order valence-electron chi connectivity index (χ2n) is 4.05. The Hall–Kier alpha value is -1.51. The van der Waals surface area contributed by atoms with Gasteiger partial charge in [0.1, 0.15) is 15.0 Å². The number of rotatable bonds is 2. The van der Waals surface area contributed by atoms with Crippen LogP contribution >= 0.6 is 0 Å². The number of aromatic nitrogens is 2. The van der Waals surface area contributed by atoms with Gasteiger partial charge in [-0.2, -0.15) is 0 Å². The summed E-state index contributed by atoms with van der Waals surface area (Å²) in [5.74, 6) is 0. The molecule has 0 spiro atoms. The lowest BCUT2D eigenvalue weighted by Gasteiger charge is -2.07. The molecule has 2 rings (SSSR count). The third-order valence-corrected chi connectivity index (χ3v) is 2.40. The van der Waals surface area contributed by atoms with Crippen LogP contribution in [0.25, 0.3) is 11.4 Å². The van der Waals surface area contributed by atoms with Crippen molar-refractivity contribution >= 4 is 33.8 Å². The monoisotopic (exact) mass is 215 g/mol. The highest BCUT2D eigenvalue weighted by molar-refractivity contribution is 6.97. The number of hydrogen-bond acceptors (Lipinski definition) is 2. The van der Waals surface area contributed by atoms with E-state index in [0.29, 0.717) is 5.46 Å². The standard InChI is InChI=1S/C12H10B3N2/c1-7-3-10(17-12(4-7)15-14)11-6-9(13)5-8(2)16-11/h3-6H,1-2H3. The molecule has 0 unspecified atom stereocenters. The van der Waals surface area contributed by atoms with Gasteiger partial charge in [-0.15, -0.1) is 0 Å². The summed E-state index contributed by atoms with van der Waals surface area (Å²) in [5.41, 5.74) is 4.96. The lowest BCUT2D eigenvalue weighted by Crippen LogP contribution is -2.19. The summed E-state index contributed by atoms with van der Waals surface area (Å²) in [6.45, 7) is 3.91. The highest BCUT2D eigenvalue weighted by Gasteiger charge is 2.05. The van der Waals surface area contributed by atoms with Crippen molar-refractivity contribution in [2.24, 2.45) is 0 Å². The van der Waals surface area contributed by atoms with Crippen molar-refractivity contribution in [2.75, 3.05) is 0 Å². The summed E-state index contributed by atoms with van der Waals surface area (Å²) in [5, 5.41) is 0. The molecule has 0 aliphatic rings. The van der Waals surface area contributed by atoms with Crippen molar-refractivity contribution in [1.82, 2.24) is 9.97 Å². The maximum absolute atomic E-state index is 5.81. The van der Waals surface area contributed by atoms with Crippen molar-refractivity contribution in [1.29, 1.82) is 0 Å². The fourth-order valence-corrected chi connectivity index (χ4v) is 1.74. The first-order chi connectivity index (χ1) is 8.08. The van der Waals surface area contributed by atoms with E-state index >= 15 is 0 Å². The Morgan fingerprint density at radius 2 is 1.71 bits per heavy atom. The molecule has 5 radical (unpaired) electrons. The third-order valence-electron chi connectivity index (χ3n) is 2.40. The summed E-state index contributed by atoms with van der Waals surface area (Å²) in [6.07, 6.45) is 0. The summed E-state index contributed by atoms with van der Waals surface area (Å²) in [6, 6.07) is 7.53. The van der Waals surface area contributed by atoms with Gasteiger partial charge in [0, 0.05) is 13.4 Å². The second kappa shape index (κ2) is 4.78. The Bertz CT molecular complexity index is 535. The van der Waals surface area contributed by atoms with Gasteiger partial charge in [-0.25, -0.2) is 0 Å². The van der Waals surface area contributed by atoms with E-state index in [4.69, 9.17) is 15.6 Å². The lowest BCUT2D eigenvalue weighted by atomic mass is 9.53. The molecule has 0 aliphatic carbocycles. The first-order valence-corrected chi connectivity index (χ1v) is 5.36. The van der Waals surface area contributed by atoms with Gasteiger partial charge in [-0.05, 0) is 49.3 Å². The van der Waals surface area contributed by atoms with Crippen molar-refractivity contribution in [3.05, 3.63) is 35.5 Å². The van der Waals surface area contributed by atoms with Crippen LogP contribution < -0.4 is 11.1 Å². The highest BCUT2D eigenvalue weighted by Crippen LogP contribution is 2.13. The third kappa shape index (κ3) is 2.79. The number of hydrogen-bond donors (Lipinski definition) is 0. The van der Waals surface area contributed by atoms with E-state index in [1.54, 1.807) is 0 Å². The minimum Gasteiger partial charge on any atom is -0.263 e. The first kappa shape index (κ1) is 12.0. The Kier molecular flexibility index (Phi) is 3.37. The Balaban J connectivity index is 2.55. The summed E-state index contributed by atoms with van der Waals surface area (Å²) < 4.78 is 0. The normalized spacial score (nSPS) is 10.2. The molecule has 5 heteroatoms. The predicted molar refractivity (Wildman–Crippen MR) is 73.5 cm³/mol. The van der Waals surface area contributed by atoms with Crippen LogP contribution in [0.4, 0.5) is 0 Å². The van der Waals surface area contributed by atoms with Crippen LogP contribution in [0.5, 0.6) is 0 Å². The van der Waals surface area contributed by atoms with E-state index in [1.165, 1.54) is 7.17 Å². The van der Waals surface area contributed by atoms with Crippen LogP contribution in [0.15, 0.2) is 24.3 Å². The largest absolute Gasteiger partial charge is 0.263 e. The molecule has 2 nitrogen and oxygen atoms in total. The summed E-state index contributed by atoms with van der Waals surface area (Å²) in [4.78, 5) is 8.83. The Morgan fingerprint density at radius 3 is 2.35 bits per heavy atom. The SMILES string of the molecule is [B][B]c1cc(C)cc(-c2cc([B])cc(C)n2)n1. The molecule has 2 aromatic heterocycles. The molecule has 0 bridgehead atoms. The van der Waals surface area contributed by atoms with Crippen LogP contribution in [0.3, 0.4) is 0 Å². The zero-order valence-electron chi connectivity index (χ0n) is 9.94. The highest BCUT2D eigenvalue weighted by atomic mass is 14.8. The van der Waals surface area contributed by atoms with E-state index in [9.17, 15) is 0 Å². The minimum atomic E-state index is 0.689. The molecular weight excluding hydrogens is 205 g/mol. The molecule has 0 amide bonds. The number of pyridine rings is 2. The molecule has 0 N–H and O–H groups in total. The van der Waals surface area contributed by atoms with Gasteiger partial charge in [0.05, 0.1) is 11.4 Å². The second-order valence-corrected chi connectivity index (χ2v) is 4.05. The van der Waals surface area contributed by atoms with Gasteiger partial charge < -0.3 is 0 Å². The van der Waals surface area contributed by atoms with E-state index in [2.05, 4.69) is 9.97 Å². The zero-order valence-corrected chi connectivity index (χ0v) is 9.94. The Labute approximate surface area is 105 Å². The molecule has 0 atom stereocenters. The lowest BCUT2D eigenvalue weighted by molar-refractivity contribution is 1.19. The van der Waals surface area contributed by atoms with Gasteiger partial charge in [0.2, 0.25) is 0 Å². The first-order valence-electron chi connectivity index (χ1n) is 5.36. The van der Waals surface area contributed by atoms with Gasteiger partial charge in [-0.3, -0.25) is 9.97 Å². The maximum atomic E-state index is 5.81. The van der Waals surface area contributed by atoms with Crippen LogP contribution in [0.1, 0.15) is 11.3 Å². The maximum Gasteiger partial charge on any atom is 0.121 e. The summed E-state index contributed by atoms with van der Waals surface area (Å²) in [7, 11) is 12.8. The smallest absolute Gasteiger partial charge is 0.121 e. The molecule has 0 saturated heterocycles. The van der Waals surface area contributed by atoms with Crippen LogP contribution in [-0.2, 0) is 0 Å². The van der Waals surface area contributed by atoms with Crippen molar-refractivity contribution in [3.8, 4) is 11.4 Å².